The molecule has 1 atom stereocenters. The molecule has 24 heavy (non-hydrogen) atoms. The maximum Gasteiger partial charge on any atom is 0.203 e. The highest BCUT2D eigenvalue weighted by Crippen LogP contribution is 2.24. The van der Waals surface area contributed by atoms with E-state index in [-0.39, 0.29) is 0 Å². The number of thiophene rings is 1. The molecular formula is C17H22N6S. The first-order valence-corrected chi connectivity index (χ1v) is 9.14. The lowest BCUT2D eigenvalue weighted by molar-refractivity contribution is 0.320. The predicted molar refractivity (Wildman–Crippen MR) is 96.5 cm³/mol. The van der Waals surface area contributed by atoms with E-state index in [1.54, 1.807) is 6.33 Å². The van der Waals surface area contributed by atoms with Crippen LogP contribution in [-0.2, 0) is 6.54 Å². The number of anilines is 1. The molecule has 4 rings (SSSR count). The number of likely N-dealkylation sites (tertiary alicyclic amines) is 1. The highest BCUT2D eigenvalue weighted by molar-refractivity contribution is 7.11. The Labute approximate surface area is 145 Å². The van der Waals surface area contributed by atoms with Crippen LogP contribution in [0.25, 0.3) is 5.65 Å². The van der Waals surface area contributed by atoms with Crippen molar-refractivity contribution < 1.29 is 0 Å². The summed E-state index contributed by atoms with van der Waals surface area (Å²) in [5.74, 6) is 1.57. The van der Waals surface area contributed by atoms with Crippen molar-refractivity contribution >= 4 is 22.8 Å². The van der Waals surface area contributed by atoms with Gasteiger partial charge in [-0.3, -0.25) is 9.30 Å². The van der Waals surface area contributed by atoms with E-state index in [1.807, 2.05) is 28.1 Å². The van der Waals surface area contributed by atoms with Crippen LogP contribution in [0.5, 0.6) is 0 Å². The van der Waals surface area contributed by atoms with E-state index in [0.717, 1.165) is 31.1 Å². The van der Waals surface area contributed by atoms with Crippen molar-refractivity contribution in [2.24, 2.45) is 5.92 Å². The summed E-state index contributed by atoms with van der Waals surface area (Å²) in [5, 5.41) is 8.16. The molecule has 1 aliphatic rings. The fraction of sp³-hybridized carbons (Fsp3) is 0.471. The van der Waals surface area contributed by atoms with Crippen molar-refractivity contribution in [3.8, 4) is 0 Å². The van der Waals surface area contributed by atoms with Crippen molar-refractivity contribution in [2.75, 3.05) is 31.6 Å². The molecule has 6 nitrogen and oxygen atoms in total. The second-order valence-electron chi connectivity index (χ2n) is 6.60. The molecule has 0 spiro atoms. The maximum atomic E-state index is 4.50. The van der Waals surface area contributed by atoms with Crippen LogP contribution in [0, 0.1) is 12.8 Å². The van der Waals surface area contributed by atoms with Gasteiger partial charge in [-0.15, -0.1) is 21.5 Å². The van der Waals surface area contributed by atoms with Gasteiger partial charge >= 0.3 is 0 Å². The van der Waals surface area contributed by atoms with Gasteiger partial charge in [-0.05, 0) is 37.9 Å². The molecule has 0 saturated carbocycles. The Morgan fingerprint density at radius 3 is 3.12 bits per heavy atom. The molecule has 7 heteroatoms. The normalized spacial score (nSPS) is 18.5. The molecular weight excluding hydrogens is 320 g/mol. The summed E-state index contributed by atoms with van der Waals surface area (Å²) in [5.41, 5.74) is 0.823. The minimum atomic E-state index is 0.668. The van der Waals surface area contributed by atoms with Gasteiger partial charge in [0.15, 0.2) is 5.82 Å². The summed E-state index contributed by atoms with van der Waals surface area (Å²) in [6.07, 6.45) is 6.65. The van der Waals surface area contributed by atoms with Crippen LogP contribution in [0.1, 0.15) is 16.2 Å². The third-order valence-corrected chi connectivity index (χ3v) is 5.62. The Balaban J connectivity index is 1.38. The molecule has 1 aliphatic heterocycles. The summed E-state index contributed by atoms with van der Waals surface area (Å²) >= 11 is 1.91. The molecule has 1 fully saturated rings. The summed E-state index contributed by atoms with van der Waals surface area (Å²) in [6, 6.07) is 4.47. The van der Waals surface area contributed by atoms with Crippen LogP contribution in [0.3, 0.4) is 0 Å². The summed E-state index contributed by atoms with van der Waals surface area (Å²) in [4.78, 5) is 12.1. The van der Waals surface area contributed by atoms with Crippen molar-refractivity contribution in [2.45, 2.75) is 19.9 Å². The first-order chi connectivity index (χ1) is 11.7. The lowest BCUT2D eigenvalue weighted by Crippen LogP contribution is -2.29. The van der Waals surface area contributed by atoms with Gasteiger partial charge in [0, 0.05) is 48.8 Å². The molecule has 3 aromatic heterocycles. The lowest BCUT2D eigenvalue weighted by Gasteiger charge is -2.22. The minimum absolute atomic E-state index is 0.668. The van der Waals surface area contributed by atoms with Gasteiger partial charge in [-0.25, -0.2) is 4.98 Å². The molecule has 0 aliphatic carbocycles. The van der Waals surface area contributed by atoms with Gasteiger partial charge in [-0.1, -0.05) is 0 Å². The third kappa shape index (κ3) is 3.14. The highest BCUT2D eigenvalue weighted by atomic mass is 32.1. The summed E-state index contributed by atoms with van der Waals surface area (Å²) in [6.45, 7) is 6.58. The number of aromatic nitrogens is 4. The average molecular weight is 342 g/mol. The first-order valence-electron chi connectivity index (χ1n) is 8.32. The SMILES string of the molecule is Cc1ccc(CN2CC[C@@H](CN(C)c3nccn4cnnc34)C2)s1. The van der Waals surface area contributed by atoms with Crippen LogP contribution in [-0.4, -0.2) is 51.2 Å². The van der Waals surface area contributed by atoms with E-state index >= 15 is 0 Å². The van der Waals surface area contributed by atoms with E-state index in [2.05, 4.69) is 51.1 Å². The van der Waals surface area contributed by atoms with E-state index in [1.165, 1.54) is 22.7 Å². The molecule has 0 radical (unpaired) electrons. The molecule has 3 aromatic rings. The van der Waals surface area contributed by atoms with Gasteiger partial charge in [0.2, 0.25) is 5.65 Å². The highest BCUT2D eigenvalue weighted by Gasteiger charge is 2.25. The molecule has 0 aromatic carbocycles. The quantitative estimate of drug-likeness (QED) is 0.713. The summed E-state index contributed by atoms with van der Waals surface area (Å²) < 4.78 is 1.92. The monoisotopic (exact) mass is 342 g/mol. The Bertz CT molecular complexity index is 825. The Kier molecular flexibility index (Phi) is 4.20. The van der Waals surface area contributed by atoms with Crippen molar-refractivity contribution in [1.29, 1.82) is 0 Å². The summed E-state index contributed by atoms with van der Waals surface area (Å²) in [7, 11) is 2.10. The third-order valence-electron chi connectivity index (χ3n) is 4.64. The van der Waals surface area contributed by atoms with E-state index in [0.29, 0.717) is 5.92 Å². The van der Waals surface area contributed by atoms with Gasteiger partial charge in [0.25, 0.3) is 0 Å². The van der Waals surface area contributed by atoms with Gasteiger partial charge in [0.05, 0.1) is 0 Å². The van der Waals surface area contributed by atoms with Gasteiger partial charge in [-0.2, -0.15) is 0 Å². The fourth-order valence-electron chi connectivity index (χ4n) is 3.48. The predicted octanol–water partition coefficient (Wildman–Crippen LogP) is 2.45. The largest absolute Gasteiger partial charge is 0.356 e. The molecule has 126 valence electrons. The number of nitrogens with zero attached hydrogens (tertiary/aromatic N) is 6. The van der Waals surface area contributed by atoms with Gasteiger partial charge in [0.1, 0.15) is 6.33 Å². The average Bonchev–Trinajstić information content (AvgIpc) is 3.28. The van der Waals surface area contributed by atoms with Crippen LogP contribution >= 0.6 is 11.3 Å². The maximum absolute atomic E-state index is 4.50. The number of hydrogen-bond acceptors (Lipinski definition) is 6. The topological polar surface area (TPSA) is 49.6 Å². The molecule has 1 saturated heterocycles. The second-order valence-corrected chi connectivity index (χ2v) is 7.97. The first kappa shape index (κ1) is 15.5. The molecule has 0 amide bonds. The number of aryl methyl sites for hydroxylation is 1. The number of fused-ring (bicyclic) bond motifs is 1. The number of rotatable bonds is 5. The number of hydrogen-bond donors (Lipinski definition) is 0. The van der Waals surface area contributed by atoms with Crippen LogP contribution in [0.15, 0.2) is 30.9 Å². The Morgan fingerprint density at radius 2 is 2.29 bits per heavy atom. The van der Waals surface area contributed by atoms with Crippen LogP contribution in [0.4, 0.5) is 5.82 Å². The Hall–Kier alpha value is -1.99. The van der Waals surface area contributed by atoms with Crippen molar-refractivity contribution in [3.05, 3.63) is 40.6 Å². The van der Waals surface area contributed by atoms with Crippen LogP contribution < -0.4 is 4.90 Å². The van der Waals surface area contributed by atoms with E-state index in [9.17, 15) is 0 Å². The lowest BCUT2D eigenvalue weighted by atomic mass is 10.1. The van der Waals surface area contributed by atoms with Crippen molar-refractivity contribution in [3.63, 3.8) is 0 Å². The van der Waals surface area contributed by atoms with Crippen LogP contribution in [0.2, 0.25) is 0 Å². The molecule has 4 heterocycles. The van der Waals surface area contributed by atoms with E-state index < -0.39 is 0 Å². The minimum Gasteiger partial charge on any atom is -0.356 e. The standard InChI is InChI=1S/C17H22N6S/c1-13-3-4-15(24-13)11-22-7-5-14(10-22)9-21(2)16-17-20-19-12-23(17)8-6-18-16/h3-4,6,8,12,14H,5,7,9-11H2,1-2H3/t14-/m0/s1. The molecule has 0 bridgehead atoms. The fourth-order valence-corrected chi connectivity index (χ4v) is 4.42. The second kappa shape index (κ2) is 6.49. The smallest absolute Gasteiger partial charge is 0.203 e. The zero-order valence-electron chi connectivity index (χ0n) is 14.1. The van der Waals surface area contributed by atoms with Crippen molar-refractivity contribution in [1.82, 2.24) is 24.5 Å². The molecule has 0 N–H and O–H groups in total. The zero-order valence-corrected chi connectivity index (χ0v) is 14.9. The molecule has 0 unspecified atom stereocenters. The van der Waals surface area contributed by atoms with E-state index in [4.69, 9.17) is 0 Å². The Morgan fingerprint density at radius 1 is 1.38 bits per heavy atom. The zero-order chi connectivity index (χ0) is 16.5. The van der Waals surface area contributed by atoms with Gasteiger partial charge < -0.3 is 4.90 Å².